The molecule has 0 saturated heterocycles. The van der Waals surface area contributed by atoms with Crippen LogP contribution in [-0.4, -0.2) is 31.4 Å². The van der Waals surface area contributed by atoms with E-state index in [-0.39, 0.29) is 0 Å². The Hall–Kier alpha value is -1.16. The first kappa shape index (κ1) is 19.2. The lowest BCUT2D eigenvalue weighted by atomic mass is 10.2. The molecule has 2 rings (SSSR count). The van der Waals surface area contributed by atoms with Crippen LogP contribution in [0.2, 0.25) is 49.3 Å². The third kappa shape index (κ3) is 5.73. The maximum atomic E-state index is 6.32. The molecule has 2 N–H and O–H groups in total. The predicted molar refractivity (Wildman–Crippen MR) is 109 cm³/mol. The maximum absolute atomic E-state index is 6.32. The molecule has 130 valence electrons. The van der Waals surface area contributed by atoms with E-state index in [4.69, 9.17) is 23.2 Å². The summed E-state index contributed by atoms with van der Waals surface area (Å²) >= 11 is 12.4. The molecule has 1 aromatic heterocycles. The SMILES string of the molecule is C[Si](C)(C)Nc1nc(N[Si](C)(C)C)nc(-c2cc(Cl)ccc2Cl)n1. The van der Waals surface area contributed by atoms with E-state index < -0.39 is 16.5 Å². The van der Waals surface area contributed by atoms with Gasteiger partial charge in [0.25, 0.3) is 0 Å². The quantitative estimate of drug-likeness (QED) is 0.664. The zero-order valence-corrected chi connectivity index (χ0v) is 18.3. The van der Waals surface area contributed by atoms with Crippen molar-refractivity contribution in [1.29, 1.82) is 0 Å². The highest BCUT2D eigenvalue weighted by molar-refractivity contribution is 6.79. The zero-order chi connectivity index (χ0) is 18.1. The predicted octanol–water partition coefficient (Wildman–Crippen LogP) is 5.34. The number of hydrogen-bond acceptors (Lipinski definition) is 5. The monoisotopic (exact) mass is 399 g/mol. The van der Waals surface area contributed by atoms with Gasteiger partial charge in [-0.2, -0.15) is 15.0 Å². The Morgan fingerprint density at radius 3 is 1.75 bits per heavy atom. The van der Waals surface area contributed by atoms with E-state index in [0.717, 1.165) is 0 Å². The van der Waals surface area contributed by atoms with E-state index in [2.05, 4.69) is 64.2 Å². The van der Waals surface area contributed by atoms with Gasteiger partial charge in [-0.15, -0.1) is 0 Å². The number of benzene rings is 1. The van der Waals surface area contributed by atoms with E-state index >= 15 is 0 Å². The molecule has 24 heavy (non-hydrogen) atoms. The average Bonchev–Trinajstić information content (AvgIpc) is 2.37. The van der Waals surface area contributed by atoms with Crippen molar-refractivity contribution in [2.24, 2.45) is 0 Å². The van der Waals surface area contributed by atoms with Crippen molar-refractivity contribution in [1.82, 2.24) is 15.0 Å². The van der Waals surface area contributed by atoms with Crippen molar-refractivity contribution in [2.45, 2.75) is 39.3 Å². The van der Waals surface area contributed by atoms with Crippen LogP contribution in [0.5, 0.6) is 0 Å². The number of nitrogens with one attached hydrogen (secondary N) is 2. The third-order valence-corrected chi connectivity index (χ3v) is 5.29. The molecule has 0 aliphatic heterocycles. The van der Waals surface area contributed by atoms with Crippen molar-refractivity contribution < 1.29 is 0 Å². The normalized spacial score (nSPS) is 12.2. The van der Waals surface area contributed by atoms with Gasteiger partial charge in [-0.3, -0.25) is 0 Å². The third-order valence-electron chi connectivity index (χ3n) is 2.78. The first-order valence-corrected chi connectivity index (χ1v) is 15.5. The Morgan fingerprint density at radius 1 is 0.792 bits per heavy atom. The van der Waals surface area contributed by atoms with Crippen molar-refractivity contribution in [3.63, 3.8) is 0 Å². The smallest absolute Gasteiger partial charge is 0.219 e. The van der Waals surface area contributed by atoms with Crippen LogP contribution in [0.4, 0.5) is 11.9 Å². The topological polar surface area (TPSA) is 62.7 Å². The van der Waals surface area contributed by atoms with Gasteiger partial charge in [0.15, 0.2) is 5.82 Å². The first-order valence-electron chi connectivity index (χ1n) is 7.71. The summed E-state index contributed by atoms with van der Waals surface area (Å²) in [7, 11) is -3.21. The number of hydrogen-bond donors (Lipinski definition) is 2. The second kappa shape index (κ2) is 6.99. The summed E-state index contributed by atoms with van der Waals surface area (Å²) in [5.41, 5.74) is 0.698. The summed E-state index contributed by atoms with van der Waals surface area (Å²) in [5.74, 6) is 1.64. The fraction of sp³-hybridized carbons (Fsp3) is 0.400. The summed E-state index contributed by atoms with van der Waals surface area (Å²) in [4.78, 5) is 20.5. The Balaban J connectivity index is 2.55. The molecule has 0 saturated carbocycles. The van der Waals surface area contributed by atoms with Crippen LogP contribution >= 0.6 is 23.2 Å². The molecule has 0 fully saturated rings. The van der Waals surface area contributed by atoms with Gasteiger partial charge in [-0.25, -0.2) is 0 Å². The van der Waals surface area contributed by atoms with E-state index in [1.807, 2.05) is 0 Å². The van der Waals surface area contributed by atoms with Crippen LogP contribution in [0.3, 0.4) is 0 Å². The van der Waals surface area contributed by atoms with Gasteiger partial charge in [-0.05, 0) is 18.2 Å². The Kier molecular flexibility index (Phi) is 5.58. The Morgan fingerprint density at radius 2 is 1.29 bits per heavy atom. The molecule has 0 radical (unpaired) electrons. The van der Waals surface area contributed by atoms with Crippen LogP contribution in [0.15, 0.2) is 18.2 Å². The van der Waals surface area contributed by atoms with E-state index in [1.165, 1.54) is 0 Å². The molecular formula is C15H23Cl2N5Si2. The van der Waals surface area contributed by atoms with E-state index in [0.29, 0.717) is 33.3 Å². The molecular weight excluding hydrogens is 377 g/mol. The standard InChI is InChI=1S/C15H23Cl2N5Si2/c1-23(2,3)21-14-18-13(11-9-10(16)7-8-12(11)17)19-15(20-14)22-24(4,5)6/h7-9H,1-6H3,(H2,18,19,20,21,22). The van der Waals surface area contributed by atoms with E-state index in [1.54, 1.807) is 18.2 Å². The molecule has 1 aromatic carbocycles. The van der Waals surface area contributed by atoms with Crippen molar-refractivity contribution in [3.8, 4) is 11.4 Å². The Bertz CT molecular complexity index is 707. The van der Waals surface area contributed by atoms with Crippen LogP contribution < -0.4 is 9.96 Å². The van der Waals surface area contributed by atoms with Gasteiger partial charge in [0.1, 0.15) is 16.5 Å². The molecule has 2 aromatic rings. The molecule has 5 nitrogen and oxygen atoms in total. The second-order valence-electron chi connectivity index (χ2n) is 7.68. The van der Waals surface area contributed by atoms with Crippen LogP contribution in [-0.2, 0) is 0 Å². The highest BCUT2D eigenvalue weighted by atomic mass is 35.5. The minimum Gasteiger partial charge on any atom is -0.380 e. The first-order chi connectivity index (χ1) is 10.9. The van der Waals surface area contributed by atoms with Gasteiger partial charge in [0.2, 0.25) is 11.9 Å². The molecule has 0 aliphatic carbocycles. The lowest BCUT2D eigenvalue weighted by Crippen LogP contribution is -2.35. The summed E-state index contributed by atoms with van der Waals surface area (Å²) < 4.78 is 0. The Labute approximate surface area is 155 Å². The van der Waals surface area contributed by atoms with Crippen LogP contribution in [0.1, 0.15) is 0 Å². The van der Waals surface area contributed by atoms with Gasteiger partial charge in [-0.1, -0.05) is 62.5 Å². The number of nitrogens with zero attached hydrogens (tertiary/aromatic N) is 3. The fourth-order valence-corrected chi connectivity index (χ4v) is 3.89. The lowest BCUT2D eigenvalue weighted by molar-refractivity contribution is 1.07. The highest BCUT2D eigenvalue weighted by Crippen LogP contribution is 2.29. The molecule has 0 atom stereocenters. The van der Waals surface area contributed by atoms with Gasteiger partial charge in [0, 0.05) is 10.6 Å². The van der Waals surface area contributed by atoms with Crippen LogP contribution in [0.25, 0.3) is 11.4 Å². The molecule has 0 unspecified atom stereocenters. The average molecular weight is 400 g/mol. The van der Waals surface area contributed by atoms with Gasteiger partial charge < -0.3 is 9.96 Å². The van der Waals surface area contributed by atoms with Gasteiger partial charge in [0.05, 0.1) is 5.02 Å². The summed E-state index contributed by atoms with van der Waals surface area (Å²) in [6.07, 6.45) is 0. The molecule has 9 heteroatoms. The second-order valence-corrected chi connectivity index (χ2v) is 18.0. The summed E-state index contributed by atoms with van der Waals surface area (Å²) in [6, 6.07) is 5.27. The van der Waals surface area contributed by atoms with Gasteiger partial charge >= 0.3 is 0 Å². The molecule has 0 bridgehead atoms. The summed E-state index contributed by atoms with van der Waals surface area (Å²) in [6.45, 7) is 13.1. The highest BCUT2D eigenvalue weighted by Gasteiger charge is 2.20. The molecule has 0 spiro atoms. The number of halogens is 2. The van der Waals surface area contributed by atoms with Crippen molar-refractivity contribution in [2.75, 3.05) is 9.96 Å². The minimum absolute atomic E-state index is 0.513. The van der Waals surface area contributed by atoms with Crippen molar-refractivity contribution >= 4 is 51.6 Å². The molecule has 0 amide bonds. The van der Waals surface area contributed by atoms with Crippen molar-refractivity contribution in [3.05, 3.63) is 28.2 Å². The largest absolute Gasteiger partial charge is 0.380 e. The van der Waals surface area contributed by atoms with E-state index in [9.17, 15) is 0 Å². The zero-order valence-electron chi connectivity index (χ0n) is 14.8. The number of rotatable bonds is 5. The molecule has 1 heterocycles. The lowest BCUT2D eigenvalue weighted by Gasteiger charge is -2.21. The number of anilines is 2. The number of aromatic nitrogens is 3. The summed E-state index contributed by atoms with van der Waals surface area (Å²) in [5, 5.41) is 1.15. The maximum Gasteiger partial charge on any atom is 0.219 e. The molecule has 0 aliphatic rings. The minimum atomic E-state index is -1.61. The fourth-order valence-electron chi connectivity index (χ4n) is 1.95. The van der Waals surface area contributed by atoms with Crippen LogP contribution in [0, 0.1) is 0 Å².